The Labute approximate surface area is 318 Å². The molecule has 0 fully saturated rings. The number of hydrogen-bond acceptors (Lipinski definition) is 3. The van der Waals surface area contributed by atoms with Gasteiger partial charge in [0.15, 0.2) is 4.90 Å². The lowest BCUT2D eigenvalue weighted by Gasteiger charge is -2.29. The number of nitrogens with zero attached hydrogens (tertiary/aromatic N) is 2. The molecule has 2 nitrogen and oxygen atoms in total. The summed E-state index contributed by atoms with van der Waals surface area (Å²) in [6.07, 6.45) is 17.3. The predicted molar refractivity (Wildman–Crippen MR) is 232 cm³/mol. The third-order valence-corrected chi connectivity index (χ3v) is 11.6. The van der Waals surface area contributed by atoms with E-state index in [2.05, 4.69) is 202 Å². The van der Waals surface area contributed by atoms with Crippen LogP contribution in [0.5, 0.6) is 0 Å². The first-order valence-corrected chi connectivity index (χ1v) is 19.4. The van der Waals surface area contributed by atoms with Gasteiger partial charge < -0.3 is 9.80 Å². The molecule has 3 aromatic carbocycles. The monoisotopic (exact) mass is 713 g/mol. The van der Waals surface area contributed by atoms with Crippen LogP contribution in [0.15, 0.2) is 141 Å². The second-order valence-electron chi connectivity index (χ2n) is 16.2. The van der Waals surface area contributed by atoms with Gasteiger partial charge in [0, 0.05) is 56.1 Å². The number of allylic oxidation sites excluding steroid dienone is 13. The number of anilines is 2. The molecule has 51 heavy (non-hydrogen) atoms. The lowest BCUT2D eigenvalue weighted by atomic mass is 9.82. The van der Waals surface area contributed by atoms with E-state index in [0.29, 0.717) is 0 Å². The van der Waals surface area contributed by atoms with E-state index in [4.69, 9.17) is 0 Å². The van der Waals surface area contributed by atoms with Crippen LogP contribution in [-0.4, -0.2) is 28.2 Å². The van der Waals surface area contributed by atoms with Crippen molar-refractivity contribution in [1.29, 1.82) is 0 Å². The summed E-state index contributed by atoms with van der Waals surface area (Å²) >= 11 is 5.88. The standard InChI is InChI=1S/C47H56N2S2/c1-32(46(2,3)4)28-36(40-26-24-38(48(8)9)30-42(40)50)22-20-34-18-15-19-35(45(34)33-16-13-12-14-17-33)21-23-37-29-44(47(5,6)7)51-43-31-39(49(10)11)25-27-41(37)43/h12-14,16-17,20-31,50H,1,15,18-19H2,2-11H3/p+1/b22-20+,35-21+,36-28-,37-23+. The molecule has 1 heterocycles. The van der Waals surface area contributed by atoms with Gasteiger partial charge >= 0.3 is 0 Å². The Morgan fingerprint density at radius 2 is 1.49 bits per heavy atom. The molecule has 0 saturated heterocycles. The van der Waals surface area contributed by atoms with Gasteiger partial charge in [-0.25, -0.2) is 0 Å². The first-order valence-electron chi connectivity index (χ1n) is 18.1. The molecule has 0 saturated carbocycles. The van der Waals surface area contributed by atoms with E-state index in [-0.39, 0.29) is 10.8 Å². The van der Waals surface area contributed by atoms with Crippen molar-refractivity contribution < 1.29 is 0 Å². The summed E-state index contributed by atoms with van der Waals surface area (Å²) < 4.78 is 0. The highest BCUT2D eigenvalue weighted by Crippen LogP contribution is 2.48. The molecule has 0 atom stereocenters. The van der Waals surface area contributed by atoms with Crippen LogP contribution >= 0.6 is 11.8 Å². The van der Waals surface area contributed by atoms with E-state index in [1.807, 2.05) is 11.8 Å². The summed E-state index contributed by atoms with van der Waals surface area (Å²) in [6.45, 7) is 18.1. The van der Waals surface area contributed by atoms with Gasteiger partial charge in [-0.3, -0.25) is 0 Å². The van der Waals surface area contributed by atoms with Gasteiger partial charge in [0.25, 0.3) is 0 Å². The largest absolute Gasteiger partial charge is 0.378 e. The van der Waals surface area contributed by atoms with Crippen LogP contribution in [0.1, 0.15) is 77.5 Å². The van der Waals surface area contributed by atoms with Crippen molar-refractivity contribution in [2.24, 2.45) is 10.8 Å². The molecule has 0 aromatic heterocycles. The molecular formula is C47H57N2S2+. The van der Waals surface area contributed by atoms with E-state index >= 15 is 0 Å². The maximum absolute atomic E-state index is 4.48. The molecule has 266 valence electrons. The molecule has 1 aliphatic heterocycles. The lowest BCUT2D eigenvalue weighted by Crippen LogP contribution is -2.12. The minimum absolute atomic E-state index is 0.0388. The molecule has 0 amide bonds. The quantitative estimate of drug-likeness (QED) is 0.169. The average molecular weight is 714 g/mol. The second-order valence-corrected chi connectivity index (χ2v) is 17.8. The number of rotatable bonds is 8. The molecule has 1 aliphatic carbocycles. The molecule has 0 N–H and O–H groups in total. The van der Waals surface area contributed by atoms with Gasteiger partial charge in [-0.2, -0.15) is 0 Å². The normalized spacial score (nSPS) is 17.2. The highest BCUT2D eigenvalue weighted by molar-refractivity contribution is 8.03. The SMILES string of the molecule is C=C(/C=C(/C=C/C1=C(c2ccccc2)C(=C/C=C2\C=C(C(C)(C)C)Sc3cc(N(C)C)ccc32)/CCC1)c1ccc(N(C)C)cc1[SH2+])C(C)(C)C. The fraction of sp³-hybridized carbons (Fsp3) is 0.319. The van der Waals surface area contributed by atoms with Crippen molar-refractivity contribution in [3.8, 4) is 0 Å². The van der Waals surface area contributed by atoms with Gasteiger partial charge in [-0.05, 0) is 123 Å². The van der Waals surface area contributed by atoms with E-state index in [0.717, 1.165) is 46.6 Å². The van der Waals surface area contributed by atoms with Gasteiger partial charge in [0.2, 0.25) is 0 Å². The van der Waals surface area contributed by atoms with Crippen molar-refractivity contribution in [2.75, 3.05) is 38.0 Å². The minimum atomic E-state index is -0.0388. The molecule has 2 aliphatic rings. The van der Waals surface area contributed by atoms with E-state index < -0.39 is 0 Å². The summed E-state index contributed by atoms with van der Waals surface area (Å²) in [5, 5.41) is 0. The fourth-order valence-electron chi connectivity index (χ4n) is 6.28. The Bertz CT molecular complexity index is 1970. The first kappa shape index (κ1) is 38.4. The highest BCUT2D eigenvalue weighted by Gasteiger charge is 2.25. The summed E-state index contributed by atoms with van der Waals surface area (Å²) in [7, 11) is 8.38. The molecule has 0 bridgehead atoms. The number of hydrogen-bond donors (Lipinski definition) is 0. The Balaban J connectivity index is 1.65. The van der Waals surface area contributed by atoms with Crippen molar-refractivity contribution in [2.45, 2.75) is 70.6 Å². The van der Waals surface area contributed by atoms with Gasteiger partial charge in [-0.15, -0.1) is 0 Å². The van der Waals surface area contributed by atoms with Crippen molar-refractivity contribution in [3.63, 3.8) is 0 Å². The zero-order valence-electron chi connectivity index (χ0n) is 32.4. The van der Waals surface area contributed by atoms with Crippen LogP contribution in [-0.2, 0) is 12.6 Å². The van der Waals surface area contributed by atoms with Gasteiger partial charge in [0.05, 0.1) is 0 Å². The molecule has 0 spiro atoms. The van der Waals surface area contributed by atoms with Crippen molar-refractivity contribution >= 4 is 52.5 Å². The Morgan fingerprint density at radius 3 is 2.12 bits per heavy atom. The molecule has 0 radical (unpaired) electrons. The Kier molecular flexibility index (Phi) is 11.9. The van der Waals surface area contributed by atoms with E-state index in [1.54, 1.807) is 0 Å². The maximum Gasteiger partial charge on any atom is 0.160 e. The summed E-state index contributed by atoms with van der Waals surface area (Å²) in [4.78, 5) is 8.10. The average Bonchev–Trinajstić information content (AvgIpc) is 3.08. The van der Waals surface area contributed by atoms with Crippen molar-refractivity contribution in [1.82, 2.24) is 0 Å². The summed E-state index contributed by atoms with van der Waals surface area (Å²) in [6, 6.07) is 24.4. The van der Waals surface area contributed by atoms with Crippen molar-refractivity contribution in [3.05, 3.63) is 148 Å². The first-order chi connectivity index (χ1) is 24.0. The molecule has 5 rings (SSSR count). The smallest absolute Gasteiger partial charge is 0.160 e. The molecule has 3 aromatic rings. The second kappa shape index (κ2) is 15.8. The van der Waals surface area contributed by atoms with Gasteiger partial charge in [-0.1, -0.05) is 127 Å². The third kappa shape index (κ3) is 9.33. The van der Waals surface area contributed by atoms with E-state index in [9.17, 15) is 0 Å². The molecular weight excluding hydrogens is 657 g/mol. The van der Waals surface area contributed by atoms with Crippen LogP contribution in [0.4, 0.5) is 11.4 Å². The zero-order chi connectivity index (χ0) is 37.1. The van der Waals surface area contributed by atoms with Crippen LogP contribution in [0.25, 0.3) is 16.7 Å². The summed E-state index contributed by atoms with van der Waals surface area (Å²) in [5.74, 6) is 0. The maximum atomic E-state index is 4.48. The van der Waals surface area contributed by atoms with Crippen LogP contribution < -0.4 is 9.80 Å². The molecule has 4 heteroatoms. The van der Waals surface area contributed by atoms with Gasteiger partial charge in [0.1, 0.15) is 0 Å². The summed E-state index contributed by atoms with van der Waals surface area (Å²) in [5.41, 5.74) is 13.8. The lowest BCUT2D eigenvalue weighted by molar-refractivity contribution is 0.519. The molecule has 0 unspecified atom stereocenters. The highest BCUT2D eigenvalue weighted by atomic mass is 32.2. The Hall–Kier alpha value is -3.86. The number of thioether (sulfide) groups is 1. The minimum Gasteiger partial charge on any atom is -0.378 e. The Morgan fingerprint density at radius 1 is 0.824 bits per heavy atom. The van der Waals surface area contributed by atoms with Crippen LogP contribution in [0.2, 0.25) is 0 Å². The van der Waals surface area contributed by atoms with Crippen LogP contribution in [0.3, 0.4) is 0 Å². The third-order valence-electron chi connectivity index (χ3n) is 9.69. The predicted octanol–water partition coefficient (Wildman–Crippen LogP) is 12.4. The van der Waals surface area contributed by atoms with Crippen LogP contribution in [0, 0.1) is 10.8 Å². The number of benzene rings is 3. The number of fused-ring (bicyclic) bond motifs is 1. The topological polar surface area (TPSA) is 6.48 Å². The fourth-order valence-corrected chi connectivity index (χ4v) is 7.86. The van der Waals surface area contributed by atoms with E-state index in [1.165, 1.54) is 48.9 Å². The zero-order valence-corrected chi connectivity index (χ0v) is 34.3.